The molecule has 1 fully saturated rings. The Balaban J connectivity index is 1.81. The van der Waals surface area contributed by atoms with Crippen LogP contribution in [0.25, 0.3) is 0 Å². The average molecular weight is 432 g/mol. The van der Waals surface area contributed by atoms with E-state index in [0.29, 0.717) is 5.11 Å². The third-order valence-corrected chi connectivity index (χ3v) is 6.18. The molecule has 1 saturated heterocycles. The quantitative estimate of drug-likeness (QED) is 0.583. The molecular formula is C18H14BrN3OS2. The Labute approximate surface area is 163 Å². The van der Waals surface area contributed by atoms with Crippen molar-refractivity contribution in [3.63, 3.8) is 0 Å². The van der Waals surface area contributed by atoms with Gasteiger partial charge in [-0.1, -0.05) is 6.07 Å². The van der Waals surface area contributed by atoms with E-state index in [1.54, 1.807) is 29.7 Å². The fourth-order valence-corrected chi connectivity index (χ4v) is 4.94. The van der Waals surface area contributed by atoms with Gasteiger partial charge in [0.25, 0.3) is 0 Å². The molecule has 0 radical (unpaired) electrons. The molecule has 7 heteroatoms. The molecule has 0 bridgehead atoms. The van der Waals surface area contributed by atoms with Crippen LogP contribution in [0, 0.1) is 0 Å². The number of thiophene rings is 1. The molecule has 0 aliphatic carbocycles. The van der Waals surface area contributed by atoms with Crippen LogP contribution in [0.15, 0.2) is 64.6 Å². The van der Waals surface area contributed by atoms with Gasteiger partial charge < -0.3 is 15.3 Å². The number of nitrogens with zero attached hydrogens (tertiary/aromatic N) is 2. The van der Waals surface area contributed by atoms with Gasteiger partial charge in [0.15, 0.2) is 5.11 Å². The number of aromatic nitrogens is 1. The molecule has 1 aliphatic rings. The highest BCUT2D eigenvalue weighted by Crippen LogP contribution is 2.44. The van der Waals surface area contributed by atoms with E-state index in [1.807, 2.05) is 30.3 Å². The highest BCUT2D eigenvalue weighted by atomic mass is 79.9. The van der Waals surface area contributed by atoms with Crippen molar-refractivity contribution in [2.45, 2.75) is 12.1 Å². The first-order valence-electron chi connectivity index (χ1n) is 7.67. The highest BCUT2D eigenvalue weighted by Gasteiger charge is 2.41. The molecule has 0 amide bonds. The van der Waals surface area contributed by atoms with Gasteiger partial charge in [0.05, 0.1) is 17.8 Å². The van der Waals surface area contributed by atoms with E-state index in [2.05, 4.69) is 42.6 Å². The van der Waals surface area contributed by atoms with E-state index in [9.17, 15) is 5.11 Å². The van der Waals surface area contributed by atoms with Crippen molar-refractivity contribution >= 4 is 50.3 Å². The van der Waals surface area contributed by atoms with Crippen molar-refractivity contribution in [2.75, 3.05) is 4.90 Å². The van der Waals surface area contributed by atoms with E-state index in [0.717, 1.165) is 15.9 Å². The fraction of sp³-hybridized carbons (Fsp3) is 0.111. The van der Waals surface area contributed by atoms with Crippen LogP contribution in [0.4, 0.5) is 5.69 Å². The predicted octanol–water partition coefficient (Wildman–Crippen LogP) is 4.79. The Hall–Kier alpha value is -1.96. The molecule has 4 rings (SSSR count). The van der Waals surface area contributed by atoms with Gasteiger partial charge in [0.2, 0.25) is 0 Å². The molecule has 25 heavy (non-hydrogen) atoms. The minimum Gasteiger partial charge on any atom is -0.508 e. The highest BCUT2D eigenvalue weighted by molar-refractivity contribution is 9.10. The zero-order chi connectivity index (χ0) is 17.4. The fourth-order valence-electron chi connectivity index (χ4n) is 3.02. The number of benzene rings is 1. The number of aromatic hydroxyl groups is 1. The Kier molecular flexibility index (Phi) is 4.45. The number of hydrogen-bond donors (Lipinski definition) is 2. The predicted molar refractivity (Wildman–Crippen MR) is 108 cm³/mol. The van der Waals surface area contributed by atoms with Crippen LogP contribution in [0.2, 0.25) is 0 Å². The summed E-state index contributed by atoms with van der Waals surface area (Å²) in [5.74, 6) is 0.235. The van der Waals surface area contributed by atoms with E-state index < -0.39 is 0 Å². The van der Waals surface area contributed by atoms with E-state index in [4.69, 9.17) is 12.2 Å². The lowest BCUT2D eigenvalue weighted by atomic mass is 10.0. The average Bonchev–Trinajstić information content (AvgIpc) is 3.20. The lowest BCUT2D eigenvalue weighted by Gasteiger charge is -2.26. The van der Waals surface area contributed by atoms with Crippen molar-refractivity contribution < 1.29 is 5.11 Å². The maximum atomic E-state index is 9.60. The summed E-state index contributed by atoms with van der Waals surface area (Å²) in [6.07, 6.45) is 1.80. The van der Waals surface area contributed by atoms with Gasteiger partial charge in [-0.15, -0.1) is 11.3 Å². The number of anilines is 1. The molecule has 0 saturated carbocycles. The summed E-state index contributed by atoms with van der Waals surface area (Å²) in [6, 6.07) is 15.1. The van der Waals surface area contributed by atoms with Crippen LogP contribution < -0.4 is 10.2 Å². The SMILES string of the molecule is Oc1ccc(N2C(=S)N[C@H](c3ccccn3)[C@H]2c2cc(Br)cs2)cc1. The van der Waals surface area contributed by atoms with Gasteiger partial charge in [-0.3, -0.25) is 4.98 Å². The summed E-state index contributed by atoms with van der Waals surface area (Å²) in [5, 5.41) is 15.7. The first-order chi connectivity index (χ1) is 12.1. The first kappa shape index (κ1) is 16.5. The van der Waals surface area contributed by atoms with Crippen molar-refractivity contribution in [3.8, 4) is 5.75 Å². The largest absolute Gasteiger partial charge is 0.508 e. The van der Waals surface area contributed by atoms with Gasteiger partial charge in [-0.05, 0) is 70.6 Å². The number of thiocarbonyl (C=S) groups is 1. The standard InChI is InChI=1S/C18H14BrN3OS2/c19-11-9-15(25-10-11)17-16(14-3-1-2-8-20-14)21-18(24)22(17)12-4-6-13(23)7-5-12/h1-10,16-17,23H,(H,21,24)/t16-,17-/m1/s1. The Morgan fingerprint density at radius 3 is 2.64 bits per heavy atom. The second kappa shape index (κ2) is 6.74. The van der Waals surface area contributed by atoms with Gasteiger partial charge in [-0.2, -0.15) is 0 Å². The number of phenols is 1. The summed E-state index contributed by atoms with van der Waals surface area (Å²) in [4.78, 5) is 7.80. The van der Waals surface area contributed by atoms with Crippen molar-refractivity contribution in [1.29, 1.82) is 0 Å². The third-order valence-electron chi connectivity index (χ3n) is 4.11. The molecular weight excluding hydrogens is 418 g/mol. The number of pyridine rings is 1. The van der Waals surface area contributed by atoms with Crippen LogP contribution in [0.5, 0.6) is 5.75 Å². The van der Waals surface area contributed by atoms with Crippen LogP contribution >= 0.6 is 39.5 Å². The van der Waals surface area contributed by atoms with Crippen LogP contribution in [0.1, 0.15) is 22.7 Å². The minimum absolute atomic E-state index is 0.0109. The summed E-state index contributed by atoms with van der Waals surface area (Å²) >= 11 is 10.9. The molecule has 2 aromatic heterocycles. The number of hydrogen-bond acceptors (Lipinski definition) is 4. The number of halogens is 1. The van der Waals surface area contributed by atoms with Crippen LogP contribution in [0.3, 0.4) is 0 Å². The van der Waals surface area contributed by atoms with Crippen molar-refractivity contribution in [1.82, 2.24) is 10.3 Å². The van der Waals surface area contributed by atoms with Gasteiger partial charge in [0, 0.05) is 26.6 Å². The number of rotatable bonds is 3. The molecule has 0 unspecified atom stereocenters. The van der Waals surface area contributed by atoms with Crippen molar-refractivity contribution in [3.05, 3.63) is 75.2 Å². The lowest BCUT2D eigenvalue weighted by Crippen LogP contribution is -2.28. The third kappa shape index (κ3) is 3.15. The molecule has 4 nitrogen and oxygen atoms in total. The second-order valence-corrected chi connectivity index (χ2v) is 7.93. The normalized spacial score (nSPS) is 19.9. The summed E-state index contributed by atoms with van der Waals surface area (Å²) in [7, 11) is 0. The molecule has 0 spiro atoms. The minimum atomic E-state index is -0.0481. The topological polar surface area (TPSA) is 48.4 Å². The molecule has 3 aromatic rings. The van der Waals surface area contributed by atoms with E-state index >= 15 is 0 Å². The molecule has 1 aromatic carbocycles. The molecule has 2 N–H and O–H groups in total. The maximum absolute atomic E-state index is 9.60. The molecule has 126 valence electrons. The second-order valence-electron chi connectivity index (χ2n) is 5.68. The van der Waals surface area contributed by atoms with E-state index in [1.165, 1.54) is 4.88 Å². The molecule has 3 heterocycles. The Morgan fingerprint density at radius 2 is 2.00 bits per heavy atom. The number of nitrogens with one attached hydrogen (secondary N) is 1. The van der Waals surface area contributed by atoms with Crippen LogP contribution in [-0.2, 0) is 0 Å². The van der Waals surface area contributed by atoms with Gasteiger partial charge >= 0.3 is 0 Å². The summed E-state index contributed by atoms with van der Waals surface area (Å²) < 4.78 is 1.05. The molecule has 2 atom stereocenters. The smallest absolute Gasteiger partial charge is 0.174 e. The monoisotopic (exact) mass is 431 g/mol. The zero-order valence-corrected chi connectivity index (χ0v) is 16.2. The first-order valence-corrected chi connectivity index (χ1v) is 9.75. The Bertz CT molecular complexity index is 898. The van der Waals surface area contributed by atoms with Gasteiger partial charge in [0.1, 0.15) is 5.75 Å². The van der Waals surface area contributed by atoms with Crippen molar-refractivity contribution in [2.24, 2.45) is 0 Å². The van der Waals surface area contributed by atoms with Gasteiger partial charge in [-0.25, -0.2) is 0 Å². The van der Waals surface area contributed by atoms with E-state index in [-0.39, 0.29) is 17.8 Å². The maximum Gasteiger partial charge on any atom is 0.174 e. The summed E-state index contributed by atoms with van der Waals surface area (Å²) in [5.41, 5.74) is 1.88. The summed E-state index contributed by atoms with van der Waals surface area (Å²) in [6.45, 7) is 0. The molecule has 1 aliphatic heterocycles. The Morgan fingerprint density at radius 1 is 1.20 bits per heavy atom. The lowest BCUT2D eigenvalue weighted by molar-refractivity contribution is 0.475. The zero-order valence-electron chi connectivity index (χ0n) is 13.0. The number of phenolic OH excluding ortho intramolecular Hbond substituents is 1. The van der Waals surface area contributed by atoms with Crippen LogP contribution in [-0.4, -0.2) is 15.2 Å².